The lowest BCUT2D eigenvalue weighted by Crippen LogP contribution is -2.11. The lowest BCUT2D eigenvalue weighted by Gasteiger charge is -2.17. The number of ether oxygens (including phenoxy) is 2. The number of rotatable bonds is 10. The van der Waals surface area contributed by atoms with Crippen LogP contribution in [0.15, 0.2) is 57.6 Å². The second-order valence-electron chi connectivity index (χ2n) is 7.62. The number of aliphatic hydroxyl groups excluding tert-OH is 1. The van der Waals surface area contributed by atoms with Gasteiger partial charge in [0.05, 0.1) is 41.4 Å². The van der Waals surface area contributed by atoms with E-state index in [4.69, 9.17) is 9.47 Å². The Morgan fingerprint density at radius 1 is 1.20 bits per heavy atom. The Morgan fingerprint density at radius 2 is 2.00 bits per heavy atom. The predicted molar refractivity (Wildman–Crippen MR) is 135 cm³/mol. The topological polar surface area (TPSA) is 92.4 Å². The Balaban J connectivity index is 1.73. The summed E-state index contributed by atoms with van der Waals surface area (Å²) in [4.78, 5) is 16.2. The largest absolute Gasteiger partial charge is 0.493 e. The van der Waals surface area contributed by atoms with E-state index in [9.17, 15) is 19.6 Å². The zero-order chi connectivity index (χ0) is 25.4. The van der Waals surface area contributed by atoms with Crippen molar-refractivity contribution in [1.82, 2.24) is 4.98 Å². The smallest absolute Gasteiger partial charge is 0.310 e. The molecule has 0 fully saturated rings. The highest BCUT2D eigenvalue weighted by atomic mass is 79.9. The number of nitrogens with zero attached hydrogens (tertiary/aromatic N) is 2. The third kappa shape index (κ3) is 7.34. The van der Waals surface area contributed by atoms with Crippen LogP contribution < -0.4 is 4.74 Å². The minimum Gasteiger partial charge on any atom is -0.493 e. The van der Waals surface area contributed by atoms with Crippen LogP contribution in [0.25, 0.3) is 0 Å². The first-order valence-corrected chi connectivity index (χ1v) is 12.5. The fourth-order valence-corrected chi connectivity index (χ4v) is 4.23. The SMILES string of the molecule is CCOC(=O)Cc1cc(F)c(Br)cc1OCCCc1cc(C#N)ccc1C(O)c1cccc(Br)n1. The van der Waals surface area contributed by atoms with E-state index >= 15 is 0 Å². The second-order valence-corrected chi connectivity index (χ2v) is 9.29. The predicted octanol–water partition coefficient (Wildman–Crippen LogP) is 5.82. The van der Waals surface area contributed by atoms with E-state index in [1.165, 1.54) is 12.1 Å². The molecule has 1 N–H and O–H groups in total. The van der Waals surface area contributed by atoms with Gasteiger partial charge >= 0.3 is 5.97 Å². The number of benzene rings is 2. The molecule has 0 bridgehead atoms. The van der Waals surface area contributed by atoms with Gasteiger partial charge < -0.3 is 14.6 Å². The molecule has 3 aromatic rings. The fourth-order valence-electron chi connectivity index (χ4n) is 3.55. The van der Waals surface area contributed by atoms with Crippen molar-refractivity contribution in [1.29, 1.82) is 5.26 Å². The summed E-state index contributed by atoms with van der Waals surface area (Å²) in [5, 5.41) is 20.3. The van der Waals surface area contributed by atoms with Gasteiger partial charge in [-0.25, -0.2) is 9.37 Å². The van der Waals surface area contributed by atoms with E-state index < -0.39 is 17.9 Å². The van der Waals surface area contributed by atoms with Gasteiger partial charge in [0, 0.05) is 5.56 Å². The fraction of sp³-hybridized carbons (Fsp3) is 0.269. The van der Waals surface area contributed by atoms with Crippen molar-refractivity contribution in [3.8, 4) is 11.8 Å². The van der Waals surface area contributed by atoms with E-state index in [-0.39, 0.29) is 24.1 Å². The Hall–Kier alpha value is -2.80. The highest BCUT2D eigenvalue weighted by Gasteiger charge is 2.18. The summed E-state index contributed by atoms with van der Waals surface area (Å²) in [7, 11) is 0. The molecule has 1 heterocycles. The highest BCUT2D eigenvalue weighted by molar-refractivity contribution is 9.10. The molecule has 2 aromatic carbocycles. The van der Waals surface area contributed by atoms with Crippen LogP contribution in [0.2, 0.25) is 0 Å². The van der Waals surface area contributed by atoms with Crippen molar-refractivity contribution < 1.29 is 23.8 Å². The Bertz CT molecular complexity index is 1250. The van der Waals surface area contributed by atoms with Crippen LogP contribution >= 0.6 is 31.9 Å². The maximum atomic E-state index is 14.0. The van der Waals surface area contributed by atoms with E-state index in [1.54, 1.807) is 43.3 Å². The van der Waals surface area contributed by atoms with E-state index in [0.29, 0.717) is 45.6 Å². The van der Waals surface area contributed by atoms with Crippen molar-refractivity contribution in [2.75, 3.05) is 13.2 Å². The molecule has 0 aliphatic carbocycles. The monoisotopic (exact) mass is 604 g/mol. The molecule has 0 radical (unpaired) electrons. The number of aryl methyl sites for hydroxylation is 1. The quantitative estimate of drug-likeness (QED) is 0.178. The molecule has 3 rings (SSSR count). The number of halogens is 3. The molecule has 9 heteroatoms. The molecule has 0 aliphatic heterocycles. The summed E-state index contributed by atoms with van der Waals surface area (Å²) >= 11 is 6.47. The minimum absolute atomic E-state index is 0.104. The number of aliphatic hydroxyl groups is 1. The second kappa shape index (κ2) is 12.8. The summed E-state index contributed by atoms with van der Waals surface area (Å²) in [6, 6.07) is 15.3. The Morgan fingerprint density at radius 3 is 2.71 bits per heavy atom. The van der Waals surface area contributed by atoms with Crippen LogP contribution in [0.4, 0.5) is 4.39 Å². The van der Waals surface area contributed by atoms with Crippen LogP contribution in [0.3, 0.4) is 0 Å². The number of carbonyl (C=O) groups excluding carboxylic acids is 1. The van der Waals surface area contributed by atoms with Crippen molar-refractivity contribution >= 4 is 37.8 Å². The molecule has 182 valence electrons. The third-order valence-electron chi connectivity index (χ3n) is 5.18. The highest BCUT2D eigenvalue weighted by Crippen LogP contribution is 2.29. The van der Waals surface area contributed by atoms with Gasteiger partial charge in [-0.05, 0) is 99.2 Å². The summed E-state index contributed by atoms with van der Waals surface area (Å²) < 4.78 is 25.7. The van der Waals surface area contributed by atoms with Crippen molar-refractivity contribution in [2.24, 2.45) is 0 Å². The zero-order valence-electron chi connectivity index (χ0n) is 18.9. The molecule has 0 saturated carbocycles. The van der Waals surface area contributed by atoms with Crippen molar-refractivity contribution in [2.45, 2.75) is 32.3 Å². The van der Waals surface area contributed by atoms with Crippen LogP contribution in [0.1, 0.15) is 47.4 Å². The molecule has 35 heavy (non-hydrogen) atoms. The van der Waals surface area contributed by atoms with Crippen molar-refractivity contribution in [3.63, 3.8) is 0 Å². The minimum atomic E-state index is -0.958. The average molecular weight is 606 g/mol. The van der Waals surface area contributed by atoms with Crippen LogP contribution in [0, 0.1) is 17.1 Å². The molecule has 0 saturated heterocycles. The normalized spacial score (nSPS) is 11.5. The molecule has 0 aliphatic rings. The summed E-state index contributed by atoms with van der Waals surface area (Å²) in [5.41, 5.74) is 2.82. The van der Waals surface area contributed by atoms with Gasteiger partial charge in [-0.15, -0.1) is 0 Å². The molecule has 6 nitrogen and oxygen atoms in total. The number of aromatic nitrogens is 1. The van der Waals surface area contributed by atoms with E-state index in [2.05, 4.69) is 42.9 Å². The van der Waals surface area contributed by atoms with E-state index in [0.717, 1.165) is 5.56 Å². The third-order valence-corrected chi connectivity index (χ3v) is 6.22. The van der Waals surface area contributed by atoms with Crippen LogP contribution in [0.5, 0.6) is 5.75 Å². The van der Waals surface area contributed by atoms with Gasteiger partial charge in [-0.1, -0.05) is 12.1 Å². The molecule has 0 amide bonds. The molecule has 1 aromatic heterocycles. The standard InChI is InChI=1S/C26H23Br2FN2O4/c1-2-34-25(32)13-18-12-21(29)20(27)14-23(18)35-10-4-5-17-11-16(15-30)8-9-19(17)26(33)22-6-3-7-24(28)31-22/h3,6-9,11-12,14,26,33H,2,4-5,10,13H2,1H3. The number of carbonyl (C=O) groups is 1. The number of pyridine rings is 1. The lowest BCUT2D eigenvalue weighted by molar-refractivity contribution is -0.142. The Kier molecular flexibility index (Phi) is 9.78. The maximum absolute atomic E-state index is 14.0. The first-order valence-electron chi connectivity index (χ1n) is 10.9. The van der Waals surface area contributed by atoms with Gasteiger partial charge in [-0.2, -0.15) is 5.26 Å². The van der Waals surface area contributed by atoms with Crippen molar-refractivity contribution in [3.05, 3.63) is 91.4 Å². The van der Waals surface area contributed by atoms with Gasteiger partial charge in [0.2, 0.25) is 0 Å². The molecular formula is C26H23Br2FN2O4. The van der Waals surface area contributed by atoms with Gasteiger partial charge in [0.15, 0.2) is 0 Å². The first-order chi connectivity index (χ1) is 16.8. The number of esters is 1. The number of hydrogen-bond acceptors (Lipinski definition) is 6. The van der Waals surface area contributed by atoms with Gasteiger partial charge in [0.25, 0.3) is 0 Å². The van der Waals surface area contributed by atoms with Crippen LogP contribution in [-0.2, 0) is 22.4 Å². The molecular weight excluding hydrogens is 583 g/mol. The lowest BCUT2D eigenvalue weighted by atomic mass is 9.95. The average Bonchev–Trinajstić information content (AvgIpc) is 2.84. The van der Waals surface area contributed by atoms with Gasteiger partial charge in [-0.3, -0.25) is 4.79 Å². The zero-order valence-corrected chi connectivity index (χ0v) is 22.1. The van der Waals surface area contributed by atoms with Gasteiger partial charge in [0.1, 0.15) is 22.3 Å². The summed E-state index contributed by atoms with van der Waals surface area (Å²) in [5.74, 6) is -0.576. The number of hydrogen-bond donors (Lipinski definition) is 1. The molecule has 0 spiro atoms. The Labute approximate surface area is 220 Å². The maximum Gasteiger partial charge on any atom is 0.310 e. The summed E-state index contributed by atoms with van der Waals surface area (Å²) in [6.07, 6.45) is 0.00772. The van der Waals surface area contributed by atoms with Crippen LogP contribution in [-0.4, -0.2) is 29.3 Å². The first kappa shape index (κ1) is 26.8. The molecule has 1 unspecified atom stereocenters. The number of nitriles is 1. The summed E-state index contributed by atoms with van der Waals surface area (Å²) in [6.45, 7) is 2.21. The van der Waals surface area contributed by atoms with E-state index in [1.807, 2.05) is 0 Å². The molecule has 1 atom stereocenters.